The Labute approximate surface area is 133 Å². The molecular formula is C19H26N2O. The van der Waals surface area contributed by atoms with Gasteiger partial charge in [0.15, 0.2) is 0 Å². The SMILES string of the molecule is C=CC(=O)N1CCN(Cc2ccc(CC3CCC3)cc2)CC1. The number of hydrogen-bond donors (Lipinski definition) is 0. The fourth-order valence-electron chi connectivity index (χ4n) is 3.32. The minimum atomic E-state index is 0.0556. The average molecular weight is 298 g/mol. The van der Waals surface area contributed by atoms with Gasteiger partial charge in [-0.1, -0.05) is 50.1 Å². The van der Waals surface area contributed by atoms with Crippen LogP contribution in [0, 0.1) is 5.92 Å². The van der Waals surface area contributed by atoms with Crippen molar-refractivity contribution < 1.29 is 4.79 Å². The van der Waals surface area contributed by atoms with Gasteiger partial charge in [-0.3, -0.25) is 9.69 Å². The van der Waals surface area contributed by atoms with Gasteiger partial charge in [-0.25, -0.2) is 0 Å². The molecule has 1 aliphatic heterocycles. The molecule has 118 valence electrons. The number of nitrogens with zero attached hydrogens (tertiary/aromatic N) is 2. The van der Waals surface area contributed by atoms with Crippen molar-refractivity contribution in [3.8, 4) is 0 Å². The molecule has 1 aliphatic carbocycles. The van der Waals surface area contributed by atoms with Crippen LogP contribution in [-0.2, 0) is 17.8 Å². The summed E-state index contributed by atoms with van der Waals surface area (Å²) in [5.74, 6) is 0.987. The summed E-state index contributed by atoms with van der Waals surface area (Å²) < 4.78 is 0. The quantitative estimate of drug-likeness (QED) is 0.780. The van der Waals surface area contributed by atoms with Crippen molar-refractivity contribution in [2.24, 2.45) is 5.92 Å². The van der Waals surface area contributed by atoms with E-state index in [9.17, 15) is 4.79 Å². The number of hydrogen-bond acceptors (Lipinski definition) is 2. The molecule has 0 radical (unpaired) electrons. The Kier molecular flexibility index (Phi) is 4.94. The van der Waals surface area contributed by atoms with E-state index in [4.69, 9.17) is 0 Å². The zero-order valence-corrected chi connectivity index (χ0v) is 13.3. The molecule has 2 fully saturated rings. The Hall–Kier alpha value is -1.61. The van der Waals surface area contributed by atoms with Crippen LogP contribution in [-0.4, -0.2) is 41.9 Å². The third kappa shape index (κ3) is 3.77. The Bertz CT molecular complexity index is 511. The smallest absolute Gasteiger partial charge is 0.246 e. The van der Waals surface area contributed by atoms with Crippen molar-refractivity contribution in [3.05, 3.63) is 48.0 Å². The second-order valence-electron chi connectivity index (χ2n) is 6.62. The number of rotatable bonds is 5. The van der Waals surface area contributed by atoms with Crippen LogP contribution >= 0.6 is 0 Å². The van der Waals surface area contributed by atoms with E-state index in [1.54, 1.807) is 0 Å². The summed E-state index contributed by atoms with van der Waals surface area (Å²) in [7, 11) is 0. The summed E-state index contributed by atoms with van der Waals surface area (Å²) in [5, 5.41) is 0. The van der Waals surface area contributed by atoms with Gasteiger partial charge in [0.2, 0.25) is 5.91 Å². The van der Waals surface area contributed by atoms with Crippen LogP contribution < -0.4 is 0 Å². The van der Waals surface area contributed by atoms with Gasteiger partial charge in [-0.05, 0) is 29.5 Å². The summed E-state index contributed by atoms with van der Waals surface area (Å²) in [4.78, 5) is 15.9. The third-order valence-corrected chi connectivity index (χ3v) is 5.04. The van der Waals surface area contributed by atoms with Gasteiger partial charge in [-0.2, -0.15) is 0 Å². The van der Waals surface area contributed by atoms with Crippen molar-refractivity contribution in [1.29, 1.82) is 0 Å². The molecule has 3 rings (SSSR count). The zero-order valence-electron chi connectivity index (χ0n) is 13.3. The lowest BCUT2D eigenvalue weighted by Crippen LogP contribution is -2.47. The molecule has 3 nitrogen and oxygen atoms in total. The third-order valence-electron chi connectivity index (χ3n) is 5.04. The summed E-state index contributed by atoms with van der Waals surface area (Å²) >= 11 is 0. The number of benzene rings is 1. The molecule has 22 heavy (non-hydrogen) atoms. The first-order valence-corrected chi connectivity index (χ1v) is 8.46. The van der Waals surface area contributed by atoms with Crippen molar-refractivity contribution in [2.75, 3.05) is 26.2 Å². The molecule has 1 aromatic rings. The summed E-state index contributed by atoms with van der Waals surface area (Å²) in [6.07, 6.45) is 6.91. The topological polar surface area (TPSA) is 23.6 Å². The molecular weight excluding hydrogens is 272 g/mol. The molecule has 1 heterocycles. The van der Waals surface area contributed by atoms with Gasteiger partial charge in [-0.15, -0.1) is 0 Å². The van der Waals surface area contributed by atoms with Gasteiger partial charge in [0.25, 0.3) is 0 Å². The average Bonchev–Trinajstić information content (AvgIpc) is 2.52. The summed E-state index contributed by atoms with van der Waals surface area (Å²) in [5.41, 5.74) is 2.86. The highest BCUT2D eigenvalue weighted by molar-refractivity contribution is 5.87. The van der Waals surface area contributed by atoms with E-state index in [2.05, 4.69) is 35.7 Å². The van der Waals surface area contributed by atoms with Crippen LogP contribution in [0.3, 0.4) is 0 Å². The molecule has 0 aromatic heterocycles. The van der Waals surface area contributed by atoms with Crippen LogP contribution in [0.4, 0.5) is 0 Å². The van der Waals surface area contributed by atoms with E-state index in [0.29, 0.717) is 0 Å². The molecule has 1 saturated heterocycles. The van der Waals surface area contributed by atoms with Crippen molar-refractivity contribution in [1.82, 2.24) is 9.80 Å². The largest absolute Gasteiger partial charge is 0.337 e. The molecule has 1 amide bonds. The highest BCUT2D eigenvalue weighted by Gasteiger charge is 2.20. The molecule has 2 aliphatic rings. The first-order chi connectivity index (χ1) is 10.7. The van der Waals surface area contributed by atoms with E-state index in [-0.39, 0.29) is 5.91 Å². The van der Waals surface area contributed by atoms with E-state index < -0.39 is 0 Å². The fourth-order valence-corrected chi connectivity index (χ4v) is 3.32. The van der Waals surface area contributed by atoms with Gasteiger partial charge >= 0.3 is 0 Å². The van der Waals surface area contributed by atoms with Gasteiger partial charge in [0, 0.05) is 32.7 Å². The zero-order chi connectivity index (χ0) is 15.4. The maximum atomic E-state index is 11.6. The fraction of sp³-hybridized carbons (Fsp3) is 0.526. The van der Waals surface area contributed by atoms with Gasteiger partial charge in [0.05, 0.1) is 0 Å². The number of amides is 1. The Morgan fingerprint density at radius 2 is 1.73 bits per heavy atom. The predicted octanol–water partition coefficient (Wildman–Crippen LogP) is 2.86. The van der Waals surface area contributed by atoms with Crippen LogP contribution in [0.1, 0.15) is 30.4 Å². The lowest BCUT2D eigenvalue weighted by atomic mass is 9.81. The normalized spacial score (nSPS) is 19.7. The highest BCUT2D eigenvalue weighted by atomic mass is 16.2. The molecule has 0 atom stereocenters. The van der Waals surface area contributed by atoms with Crippen molar-refractivity contribution in [2.45, 2.75) is 32.2 Å². The molecule has 0 N–H and O–H groups in total. The number of carbonyl (C=O) groups excluding carboxylic acids is 1. The highest BCUT2D eigenvalue weighted by Crippen LogP contribution is 2.29. The standard InChI is InChI=1S/C19H26N2O/c1-2-19(22)21-12-10-20(11-13-21)15-18-8-6-17(7-9-18)14-16-4-3-5-16/h2,6-9,16H,1,3-5,10-15H2. The Morgan fingerprint density at radius 3 is 2.27 bits per heavy atom. The second kappa shape index (κ2) is 7.10. The molecule has 1 aromatic carbocycles. The van der Waals surface area contributed by atoms with Gasteiger partial charge < -0.3 is 4.90 Å². The number of carbonyl (C=O) groups is 1. The van der Waals surface area contributed by atoms with Crippen molar-refractivity contribution in [3.63, 3.8) is 0 Å². The maximum Gasteiger partial charge on any atom is 0.246 e. The van der Waals surface area contributed by atoms with E-state index >= 15 is 0 Å². The molecule has 0 unspecified atom stereocenters. The van der Waals surface area contributed by atoms with E-state index in [1.807, 2.05) is 4.90 Å². The van der Waals surface area contributed by atoms with Crippen LogP contribution in [0.15, 0.2) is 36.9 Å². The monoisotopic (exact) mass is 298 g/mol. The molecule has 3 heteroatoms. The molecule has 0 spiro atoms. The van der Waals surface area contributed by atoms with Crippen LogP contribution in [0.25, 0.3) is 0 Å². The van der Waals surface area contributed by atoms with E-state index in [0.717, 1.165) is 38.6 Å². The maximum absolute atomic E-state index is 11.6. The summed E-state index contributed by atoms with van der Waals surface area (Å²) in [6.45, 7) is 8.06. The van der Waals surface area contributed by atoms with Gasteiger partial charge in [0.1, 0.15) is 0 Å². The lowest BCUT2D eigenvalue weighted by molar-refractivity contribution is -0.127. The molecule has 0 bridgehead atoms. The van der Waals surface area contributed by atoms with E-state index in [1.165, 1.54) is 42.9 Å². The Balaban J connectivity index is 1.47. The minimum absolute atomic E-state index is 0.0556. The van der Waals surface area contributed by atoms with Crippen LogP contribution in [0.2, 0.25) is 0 Å². The molecule has 1 saturated carbocycles. The Morgan fingerprint density at radius 1 is 1.09 bits per heavy atom. The lowest BCUT2D eigenvalue weighted by Gasteiger charge is -2.34. The first kappa shape index (κ1) is 15.3. The van der Waals surface area contributed by atoms with Crippen LogP contribution in [0.5, 0.6) is 0 Å². The minimum Gasteiger partial charge on any atom is -0.337 e. The number of piperazine rings is 1. The second-order valence-corrected chi connectivity index (χ2v) is 6.62. The first-order valence-electron chi connectivity index (χ1n) is 8.46. The predicted molar refractivity (Wildman–Crippen MR) is 89.5 cm³/mol. The summed E-state index contributed by atoms with van der Waals surface area (Å²) in [6, 6.07) is 9.14. The van der Waals surface area contributed by atoms with Crippen molar-refractivity contribution >= 4 is 5.91 Å².